The third-order valence-electron chi connectivity index (χ3n) is 14.0. The zero-order valence-corrected chi connectivity index (χ0v) is 51.2. The molecule has 6 nitrogen and oxygen atoms in total. The van der Waals surface area contributed by atoms with Crippen molar-refractivity contribution in [1.82, 2.24) is 0 Å². The molecule has 0 aliphatic heterocycles. The quantitative estimate of drug-likeness (QED) is 0.0261. The first-order valence-corrected chi connectivity index (χ1v) is 32.9. The molecule has 0 heterocycles. The molecule has 0 bridgehead atoms. The van der Waals surface area contributed by atoms with E-state index in [1.807, 2.05) is 0 Å². The third kappa shape index (κ3) is 62.9. The summed E-state index contributed by atoms with van der Waals surface area (Å²) in [6, 6.07) is 0. The van der Waals surface area contributed by atoms with Gasteiger partial charge in [0.1, 0.15) is 13.2 Å². The summed E-state index contributed by atoms with van der Waals surface area (Å²) in [5.41, 5.74) is 0. The van der Waals surface area contributed by atoms with Crippen molar-refractivity contribution in [3.8, 4) is 0 Å². The number of carbonyl (C=O) groups excluding carboxylic acids is 3. The Balaban J connectivity index is 4.23. The third-order valence-corrected chi connectivity index (χ3v) is 14.0. The van der Waals surface area contributed by atoms with Crippen molar-refractivity contribution in [2.75, 3.05) is 13.2 Å². The van der Waals surface area contributed by atoms with Crippen LogP contribution in [0, 0.1) is 0 Å². The molecule has 0 saturated carbocycles. The van der Waals surface area contributed by atoms with Crippen LogP contribution in [-0.2, 0) is 28.6 Å². The fourth-order valence-electron chi connectivity index (χ4n) is 9.14. The zero-order valence-electron chi connectivity index (χ0n) is 51.2. The van der Waals surface area contributed by atoms with Crippen LogP contribution in [0.1, 0.15) is 310 Å². The monoisotopic (exact) mass is 1080 g/mol. The van der Waals surface area contributed by atoms with Gasteiger partial charge in [0.25, 0.3) is 0 Å². The highest BCUT2D eigenvalue weighted by molar-refractivity contribution is 5.71. The second kappa shape index (κ2) is 65.6. The van der Waals surface area contributed by atoms with Gasteiger partial charge in [-0.3, -0.25) is 14.4 Å². The smallest absolute Gasteiger partial charge is 0.306 e. The fourth-order valence-corrected chi connectivity index (χ4v) is 9.14. The van der Waals surface area contributed by atoms with E-state index < -0.39 is 6.10 Å². The molecule has 0 aromatic carbocycles. The number of esters is 3. The van der Waals surface area contributed by atoms with Crippen molar-refractivity contribution >= 4 is 17.9 Å². The van der Waals surface area contributed by atoms with Gasteiger partial charge in [0.2, 0.25) is 0 Å². The van der Waals surface area contributed by atoms with Crippen LogP contribution in [0.25, 0.3) is 0 Å². The number of ether oxygens (including phenoxy) is 3. The molecule has 0 N–H and O–H groups in total. The Morgan fingerprint density at radius 3 is 0.782 bits per heavy atom. The lowest BCUT2D eigenvalue weighted by Gasteiger charge is -2.18. The number of hydrogen-bond acceptors (Lipinski definition) is 6. The number of hydrogen-bond donors (Lipinski definition) is 0. The van der Waals surface area contributed by atoms with Crippen LogP contribution in [0.15, 0.2) is 109 Å². The highest BCUT2D eigenvalue weighted by Crippen LogP contribution is 2.17. The lowest BCUT2D eigenvalue weighted by Crippen LogP contribution is -2.30. The van der Waals surface area contributed by atoms with Gasteiger partial charge in [-0.05, 0) is 89.9 Å². The Hall–Kier alpha value is -3.93. The van der Waals surface area contributed by atoms with Gasteiger partial charge in [-0.15, -0.1) is 0 Å². The van der Waals surface area contributed by atoms with Gasteiger partial charge in [-0.25, -0.2) is 0 Å². The van der Waals surface area contributed by atoms with Gasteiger partial charge in [-0.2, -0.15) is 0 Å². The average molecular weight is 1080 g/mol. The van der Waals surface area contributed by atoms with Crippen molar-refractivity contribution < 1.29 is 28.6 Å². The molecule has 0 aromatic rings. The Morgan fingerprint density at radius 1 is 0.269 bits per heavy atom. The van der Waals surface area contributed by atoms with E-state index >= 15 is 0 Å². The van der Waals surface area contributed by atoms with Gasteiger partial charge in [-0.1, -0.05) is 310 Å². The van der Waals surface area contributed by atoms with Crippen LogP contribution in [0.3, 0.4) is 0 Å². The van der Waals surface area contributed by atoms with Gasteiger partial charge in [0.15, 0.2) is 6.10 Å². The van der Waals surface area contributed by atoms with Crippen LogP contribution >= 0.6 is 0 Å². The maximum atomic E-state index is 12.9. The molecule has 0 fully saturated rings. The minimum atomic E-state index is -0.783. The van der Waals surface area contributed by atoms with Crippen molar-refractivity contribution in [2.45, 2.75) is 316 Å². The average Bonchev–Trinajstić information content (AvgIpc) is 3.44. The molecule has 0 saturated heterocycles. The Kier molecular flexibility index (Phi) is 62.3. The summed E-state index contributed by atoms with van der Waals surface area (Å²) in [7, 11) is 0. The summed E-state index contributed by atoms with van der Waals surface area (Å²) in [4.78, 5) is 38.2. The lowest BCUT2D eigenvalue weighted by atomic mass is 10.0. The van der Waals surface area contributed by atoms with Gasteiger partial charge >= 0.3 is 17.9 Å². The molecule has 0 aliphatic rings. The number of carbonyl (C=O) groups is 3. The van der Waals surface area contributed by atoms with E-state index in [2.05, 4.69) is 130 Å². The second-order valence-electron chi connectivity index (χ2n) is 21.7. The van der Waals surface area contributed by atoms with E-state index in [0.717, 1.165) is 135 Å². The van der Waals surface area contributed by atoms with E-state index in [4.69, 9.17) is 14.2 Å². The van der Waals surface area contributed by atoms with Crippen molar-refractivity contribution in [1.29, 1.82) is 0 Å². The molecule has 0 radical (unpaired) electrons. The SMILES string of the molecule is CC/C=C\C/C=C\C/C=C\C/C=C\C/C=C\C/C=C\C/C=C\C/C=C\C/C=C\CCCCCCCC(=O)OCC(COC(=O)CCCCCCCCCCC)OC(=O)CCCCCCCCCCCCCCCCCCCC. The van der Waals surface area contributed by atoms with Crippen LogP contribution in [0.5, 0.6) is 0 Å². The van der Waals surface area contributed by atoms with E-state index in [0.29, 0.717) is 19.3 Å². The van der Waals surface area contributed by atoms with E-state index in [1.165, 1.54) is 135 Å². The van der Waals surface area contributed by atoms with Crippen LogP contribution in [0.4, 0.5) is 0 Å². The van der Waals surface area contributed by atoms with E-state index in [1.54, 1.807) is 0 Å². The van der Waals surface area contributed by atoms with Crippen molar-refractivity contribution in [3.05, 3.63) is 109 Å². The standard InChI is InChI=1S/C72H122O6/c1-4-7-10-13-16-19-21-23-25-27-29-30-31-32-33-34-35-36-37-38-39-40-41-42-43-45-46-48-50-53-56-59-62-65-71(74)77-68-69(67-76-70(73)64-61-58-55-52-18-15-12-9-6-3)78-72(75)66-63-60-57-54-51-49-47-44-28-26-24-22-20-17-14-11-8-5-2/h7,10,16,19,23,25,29-30,32-33,35-36,38-39,41-42,45-46,69H,4-6,8-9,11-15,17-18,20-22,24,26-28,31,34,37,40,43-44,47-68H2,1-3H3/b10-7-,19-16-,25-23-,30-29-,33-32-,36-35-,39-38-,42-41-,46-45-. The van der Waals surface area contributed by atoms with Crippen LogP contribution in [-0.4, -0.2) is 37.2 Å². The molecule has 0 rings (SSSR count). The first kappa shape index (κ1) is 74.1. The van der Waals surface area contributed by atoms with Crippen molar-refractivity contribution in [3.63, 3.8) is 0 Å². The molecule has 6 heteroatoms. The highest BCUT2D eigenvalue weighted by atomic mass is 16.6. The lowest BCUT2D eigenvalue weighted by molar-refractivity contribution is -0.167. The summed E-state index contributed by atoms with van der Waals surface area (Å²) in [6.45, 7) is 6.52. The summed E-state index contributed by atoms with van der Waals surface area (Å²) in [5.74, 6) is -0.893. The number of rotatable bonds is 59. The van der Waals surface area contributed by atoms with Gasteiger partial charge in [0.05, 0.1) is 0 Å². The predicted octanol–water partition coefficient (Wildman–Crippen LogP) is 22.6. The predicted molar refractivity (Wildman–Crippen MR) is 339 cm³/mol. The maximum absolute atomic E-state index is 12.9. The molecule has 1 atom stereocenters. The van der Waals surface area contributed by atoms with Crippen LogP contribution in [0.2, 0.25) is 0 Å². The molecule has 0 aromatic heterocycles. The molecule has 78 heavy (non-hydrogen) atoms. The van der Waals surface area contributed by atoms with Crippen LogP contribution < -0.4 is 0 Å². The first-order chi connectivity index (χ1) is 38.5. The first-order valence-electron chi connectivity index (χ1n) is 32.9. The summed E-state index contributed by atoms with van der Waals surface area (Å²) in [6.07, 6.45) is 89.7. The minimum absolute atomic E-state index is 0.0806. The molecule has 0 amide bonds. The largest absolute Gasteiger partial charge is 0.462 e. The fraction of sp³-hybridized carbons (Fsp3) is 0.708. The van der Waals surface area contributed by atoms with Crippen molar-refractivity contribution in [2.24, 2.45) is 0 Å². The number of unbranched alkanes of at least 4 members (excludes halogenated alkanes) is 30. The molecule has 0 aliphatic carbocycles. The Morgan fingerprint density at radius 2 is 0.500 bits per heavy atom. The molecular weight excluding hydrogens is 961 g/mol. The minimum Gasteiger partial charge on any atom is -0.462 e. The highest BCUT2D eigenvalue weighted by Gasteiger charge is 2.19. The van der Waals surface area contributed by atoms with E-state index in [9.17, 15) is 14.4 Å². The Bertz CT molecular complexity index is 1570. The summed E-state index contributed by atoms with van der Waals surface area (Å²) in [5, 5.41) is 0. The molecule has 446 valence electrons. The molecular formula is C72H122O6. The maximum Gasteiger partial charge on any atom is 0.306 e. The van der Waals surface area contributed by atoms with E-state index in [-0.39, 0.29) is 31.1 Å². The molecule has 0 spiro atoms. The zero-order chi connectivity index (χ0) is 56.4. The number of allylic oxidation sites excluding steroid dienone is 18. The van der Waals surface area contributed by atoms with Gasteiger partial charge in [0, 0.05) is 19.3 Å². The Labute approximate surface area is 482 Å². The summed E-state index contributed by atoms with van der Waals surface area (Å²) >= 11 is 0. The second-order valence-corrected chi connectivity index (χ2v) is 21.7. The topological polar surface area (TPSA) is 78.9 Å². The van der Waals surface area contributed by atoms with Gasteiger partial charge < -0.3 is 14.2 Å². The summed E-state index contributed by atoms with van der Waals surface area (Å²) < 4.78 is 16.9. The normalized spacial score (nSPS) is 12.8. The molecule has 1 unspecified atom stereocenters.